The summed E-state index contributed by atoms with van der Waals surface area (Å²) in [4.78, 5) is 13.2. The molecule has 1 amide bonds. The van der Waals surface area contributed by atoms with Gasteiger partial charge in [-0.25, -0.2) is 4.39 Å². The first kappa shape index (κ1) is 14.1. The Morgan fingerprint density at radius 1 is 1.14 bits per heavy atom. The van der Waals surface area contributed by atoms with E-state index in [-0.39, 0.29) is 11.7 Å². The Morgan fingerprint density at radius 3 is 2.57 bits per heavy atom. The second-order valence-electron chi connectivity index (χ2n) is 5.16. The summed E-state index contributed by atoms with van der Waals surface area (Å²) < 4.78 is 12.9. The van der Waals surface area contributed by atoms with Crippen molar-refractivity contribution in [2.45, 2.75) is 29.5 Å². The lowest BCUT2D eigenvalue weighted by molar-refractivity contribution is 0.0948. The van der Waals surface area contributed by atoms with Crippen molar-refractivity contribution in [3.8, 4) is 0 Å². The summed E-state index contributed by atoms with van der Waals surface area (Å²) in [6, 6.07) is 14.4. The van der Waals surface area contributed by atoms with Gasteiger partial charge in [-0.15, -0.1) is 11.8 Å². The molecule has 2 aromatic carbocycles. The lowest BCUT2D eigenvalue weighted by atomic mass is 10.2. The summed E-state index contributed by atoms with van der Waals surface area (Å²) in [6.45, 7) is 0. The Bertz CT molecular complexity index is 637. The first-order valence-electron chi connectivity index (χ1n) is 6.99. The zero-order chi connectivity index (χ0) is 14.7. The van der Waals surface area contributed by atoms with Gasteiger partial charge in [-0.2, -0.15) is 0 Å². The molecule has 0 spiro atoms. The molecule has 1 aliphatic carbocycles. The molecule has 108 valence electrons. The quantitative estimate of drug-likeness (QED) is 0.845. The minimum Gasteiger partial charge on any atom is -0.349 e. The number of hydrogen-bond acceptors (Lipinski definition) is 2. The van der Waals surface area contributed by atoms with Crippen LogP contribution in [-0.4, -0.2) is 11.9 Å². The van der Waals surface area contributed by atoms with Gasteiger partial charge in [0.25, 0.3) is 5.91 Å². The summed E-state index contributed by atoms with van der Waals surface area (Å²) in [5.74, 6) is 0.487. The highest BCUT2D eigenvalue weighted by Gasteiger charge is 2.24. The molecule has 1 N–H and O–H groups in total. The van der Waals surface area contributed by atoms with E-state index in [0.717, 1.165) is 28.9 Å². The number of amides is 1. The number of hydrogen-bond donors (Lipinski definition) is 1. The summed E-state index contributed by atoms with van der Waals surface area (Å²) >= 11 is 1.60. The number of halogens is 1. The highest BCUT2D eigenvalue weighted by molar-refractivity contribution is 7.98. The zero-order valence-corrected chi connectivity index (χ0v) is 12.3. The molecule has 2 nitrogen and oxygen atoms in total. The maximum Gasteiger partial charge on any atom is 0.252 e. The molecule has 0 aliphatic heterocycles. The largest absolute Gasteiger partial charge is 0.349 e. The van der Waals surface area contributed by atoms with Crippen molar-refractivity contribution in [1.29, 1.82) is 0 Å². The molecule has 1 saturated carbocycles. The van der Waals surface area contributed by atoms with Crippen LogP contribution >= 0.6 is 11.8 Å². The first-order valence-corrected chi connectivity index (χ1v) is 7.98. The predicted molar refractivity (Wildman–Crippen MR) is 82.9 cm³/mol. The molecule has 1 fully saturated rings. The number of carbonyl (C=O) groups is 1. The maximum atomic E-state index is 12.9. The monoisotopic (exact) mass is 301 g/mol. The van der Waals surface area contributed by atoms with E-state index in [2.05, 4.69) is 5.32 Å². The predicted octanol–water partition coefficient (Wildman–Crippen LogP) is 4.01. The van der Waals surface area contributed by atoms with Gasteiger partial charge in [-0.1, -0.05) is 24.3 Å². The average molecular weight is 301 g/mol. The molecule has 2 aromatic rings. The van der Waals surface area contributed by atoms with Crippen LogP contribution in [0.1, 0.15) is 28.8 Å². The van der Waals surface area contributed by atoms with Crippen LogP contribution in [0.2, 0.25) is 0 Å². The Labute approximate surface area is 127 Å². The highest BCUT2D eigenvalue weighted by Crippen LogP contribution is 2.27. The average Bonchev–Trinajstić information content (AvgIpc) is 3.31. The van der Waals surface area contributed by atoms with Crippen molar-refractivity contribution in [1.82, 2.24) is 5.32 Å². The molecule has 0 unspecified atom stereocenters. The van der Waals surface area contributed by atoms with Crippen LogP contribution in [0.15, 0.2) is 53.4 Å². The van der Waals surface area contributed by atoms with Gasteiger partial charge < -0.3 is 5.32 Å². The Balaban J connectivity index is 1.69. The Morgan fingerprint density at radius 2 is 1.86 bits per heavy atom. The molecule has 0 radical (unpaired) electrons. The van der Waals surface area contributed by atoms with Crippen molar-refractivity contribution in [2.24, 2.45) is 0 Å². The fourth-order valence-corrected chi connectivity index (χ4v) is 3.02. The van der Waals surface area contributed by atoms with Crippen molar-refractivity contribution in [2.75, 3.05) is 0 Å². The van der Waals surface area contributed by atoms with Crippen molar-refractivity contribution in [3.05, 3.63) is 65.5 Å². The van der Waals surface area contributed by atoms with Gasteiger partial charge in [0.2, 0.25) is 0 Å². The summed E-state index contributed by atoms with van der Waals surface area (Å²) in [5, 5.41) is 3.01. The Hall–Kier alpha value is -1.81. The van der Waals surface area contributed by atoms with Crippen LogP contribution in [0, 0.1) is 5.82 Å². The van der Waals surface area contributed by atoms with Gasteiger partial charge in [0.05, 0.1) is 5.56 Å². The van der Waals surface area contributed by atoms with Crippen LogP contribution in [-0.2, 0) is 5.75 Å². The molecule has 0 heterocycles. The third kappa shape index (κ3) is 3.85. The lowest BCUT2D eigenvalue weighted by Gasteiger charge is -2.09. The minimum absolute atomic E-state index is 0.000272. The molecule has 21 heavy (non-hydrogen) atoms. The fraction of sp³-hybridized carbons (Fsp3) is 0.235. The third-order valence-corrected chi connectivity index (χ3v) is 4.50. The topological polar surface area (TPSA) is 29.1 Å². The van der Waals surface area contributed by atoms with Crippen molar-refractivity contribution < 1.29 is 9.18 Å². The number of nitrogens with one attached hydrogen (secondary N) is 1. The highest BCUT2D eigenvalue weighted by atomic mass is 32.2. The van der Waals surface area contributed by atoms with Crippen LogP contribution in [0.5, 0.6) is 0 Å². The first-order chi connectivity index (χ1) is 10.2. The standard InChI is InChI=1S/C17H16FNOS/c18-13-7-5-12(6-8-13)11-21-16-4-2-1-3-15(16)17(20)19-14-9-10-14/h1-8,14H,9-11H2,(H,19,20). The molecular formula is C17H16FNOS. The Kier molecular flexibility index (Phi) is 4.25. The van der Waals surface area contributed by atoms with Gasteiger partial charge in [-0.05, 0) is 42.7 Å². The van der Waals surface area contributed by atoms with E-state index in [0.29, 0.717) is 11.8 Å². The van der Waals surface area contributed by atoms with Crippen LogP contribution in [0.25, 0.3) is 0 Å². The van der Waals surface area contributed by atoms with E-state index in [1.54, 1.807) is 23.9 Å². The van der Waals surface area contributed by atoms with Crippen molar-refractivity contribution >= 4 is 17.7 Å². The third-order valence-electron chi connectivity index (χ3n) is 3.35. The van der Waals surface area contributed by atoms with E-state index in [1.807, 2.05) is 24.3 Å². The number of rotatable bonds is 5. The minimum atomic E-state index is -0.229. The molecular weight excluding hydrogens is 285 g/mol. The SMILES string of the molecule is O=C(NC1CC1)c1ccccc1SCc1ccc(F)cc1. The maximum absolute atomic E-state index is 12.9. The molecule has 1 aliphatic rings. The van der Waals surface area contributed by atoms with E-state index in [1.165, 1.54) is 12.1 Å². The zero-order valence-electron chi connectivity index (χ0n) is 11.5. The van der Waals surface area contributed by atoms with Gasteiger partial charge in [0.15, 0.2) is 0 Å². The van der Waals surface area contributed by atoms with Crippen LogP contribution < -0.4 is 5.32 Å². The van der Waals surface area contributed by atoms with Gasteiger partial charge >= 0.3 is 0 Å². The second kappa shape index (κ2) is 6.31. The van der Waals surface area contributed by atoms with Crippen LogP contribution in [0.4, 0.5) is 4.39 Å². The van der Waals surface area contributed by atoms with E-state index in [4.69, 9.17) is 0 Å². The van der Waals surface area contributed by atoms with Gasteiger partial charge in [-0.3, -0.25) is 4.79 Å². The summed E-state index contributed by atoms with van der Waals surface area (Å²) in [5.41, 5.74) is 1.76. The lowest BCUT2D eigenvalue weighted by Crippen LogP contribution is -2.25. The molecule has 3 rings (SSSR count). The second-order valence-corrected chi connectivity index (χ2v) is 6.18. The molecule has 0 saturated heterocycles. The summed E-state index contributed by atoms with van der Waals surface area (Å²) in [7, 11) is 0. The molecule has 0 bridgehead atoms. The van der Waals surface area contributed by atoms with Crippen molar-refractivity contribution in [3.63, 3.8) is 0 Å². The number of carbonyl (C=O) groups excluding carboxylic acids is 1. The number of benzene rings is 2. The van der Waals surface area contributed by atoms with E-state index < -0.39 is 0 Å². The van der Waals surface area contributed by atoms with E-state index in [9.17, 15) is 9.18 Å². The summed E-state index contributed by atoms with van der Waals surface area (Å²) in [6.07, 6.45) is 2.16. The molecule has 0 aromatic heterocycles. The van der Waals surface area contributed by atoms with Gasteiger partial charge in [0, 0.05) is 16.7 Å². The normalized spacial score (nSPS) is 14.0. The van der Waals surface area contributed by atoms with Gasteiger partial charge in [0.1, 0.15) is 5.82 Å². The van der Waals surface area contributed by atoms with E-state index >= 15 is 0 Å². The molecule has 0 atom stereocenters. The van der Waals surface area contributed by atoms with Crippen LogP contribution in [0.3, 0.4) is 0 Å². The molecule has 4 heteroatoms. The smallest absolute Gasteiger partial charge is 0.252 e. The fourth-order valence-electron chi connectivity index (χ4n) is 2.01. The number of thioether (sulfide) groups is 1.